The summed E-state index contributed by atoms with van der Waals surface area (Å²) in [7, 11) is 1.75. The molecule has 1 aromatic rings. The maximum absolute atomic E-state index is 11.0. The predicted molar refractivity (Wildman–Crippen MR) is 76.2 cm³/mol. The summed E-state index contributed by atoms with van der Waals surface area (Å²) in [6, 6.07) is 8.65. The van der Waals surface area contributed by atoms with Crippen LogP contribution in [0.1, 0.15) is 62.0 Å². The molecular formula is C17H24O2. The van der Waals surface area contributed by atoms with Gasteiger partial charge >= 0.3 is 0 Å². The highest BCUT2D eigenvalue weighted by molar-refractivity contribution is 5.32. The molecule has 2 fully saturated rings. The third-order valence-electron chi connectivity index (χ3n) is 5.02. The molecule has 2 unspecified atom stereocenters. The quantitative estimate of drug-likeness (QED) is 0.897. The number of aliphatic hydroxyl groups is 1. The zero-order chi connectivity index (χ0) is 13.3. The maximum Gasteiger partial charge on any atom is 0.0921 e. The summed E-state index contributed by atoms with van der Waals surface area (Å²) >= 11 is 0. The standard InChI is InChI=1S/C17H24O2/c1-19-16-9-4-10-17(18,12-16)15-8-3-7-14(11-15)13-5-2-6-13/h3,7-8,11,13,16,18H,2,4-6,9-10,12H2,1H3. The fraction of sp³-hybridized carbons (Fsp3) is 0.647. The van der Waals surface area contributed by atoms with E-state index in [1.807, 2.05) is 0 Å². The molecule has 0 spiro atoms. The van der Waals surface area contributed by atoms with Crippen molar-refractivity contribution in [2.24, 2.45) is 0 Å². The Balaban J connectivity index is 1.83. The molecule has 2 aliphatic carbocycles. The van der Waals surface area contributed by atoms with Crippen LogP contribution in [0, 0.1) is 0 Å². The average molecular weight is 260 g/mol. The molecule has 2 nitrogen and oxygen atoms in total. The van der Waals surface area contributed by atoms with E-state index in [4.69, 9.17) is 4.74 Å². The van der Waals surface area contributed by atoms with Gasteiger partial charge in [-0.1, -0.05) is 30.7 Å². The van der Waals surface area contributed by atoms with Gasteiger partial charge in [0.2, 0.25) is 0 Å². The first-order chi connectivity index (χ1) is 9.21. The van der Waals surface area contributed by atoms with Crippen molar-refractivity contribution in [2.75, 3.05) is 7.11 Å². The lowest BCUT2D eigenvalue weighted by atomic mass is 9.75. The lowest BCUT2D eigenvalue weighted by Gasteiger charge is -2.37. The van der Waals surface area contributed by atoms with E-state index in [2.05, 4.69) is 24.3 Å². The maximum atomic E-state index is 11.0. The van der Waals surface area contributed by atoms with Gasteiger partial charge in [0.05, 0.1) is 11.7 Å². The van der Waals surface area contributed by atoms with Crippen molar-refractivity contribution in [1.29, 1.82) is 0 Å². The second kappa shape index (κ2) is 5.26. The van der Waals surface area contributed by atoms with Gasteiger partial charge in [0.25, 0.3) is 0 Å². The lowest BCUT2D eigenvalue weighted by molar-refractivity contribution is -0.0632. The van der Waals surface area contributed by atoms with Gasteiger partial charge < -0.3 is 9.84 Å². The van der Waals surface area contributed by atoms with Crippen LogP contribution in [0.3, 0.4) is 0 Å². The van der Waals surface area contributed by atoms with Crippen molar-refractivity contribution in [3.8, 4) is 0 Å². The molecular weight excluding hydrogens is 236 g/mol. The topological polar surface area (TPSA) is 29.5 Å². The highest BCUT2D eigenvalue weighted by Crippen LogP contribution is 2.41. The van der Waals surface area contributed by atoms with E-state index in [0.717, 1.165) is 37.2 Å². The fourth-order valence-electron chi connectivity index (χ4n) is 3.49. The van der Waals surface area contributed by atoms with Gasteiger partial charge in [0.15, 0.2) is 0 Å². The van der Waals surface area contributed by atoms with Crippen molar-refractivity contribution < 1.29 is 9.84 Å². The second-order valence-electron chi connectivity index (χ2n) is 6.24. The molecule has 0 heterocycles. The van der Waals surface area contributed by atoms with Crippen LogP contribution in [0.5, 0.6) is 0 Å². The molecule has 2 aliphatic rings. The molecule has 0 bridgehead atoms. The number of ether oxygens (including phenoxy) is 1. The zero-order valence-corrected chi connectivity index (χ0v) is 11.8. The zero-order valence-electron chi connectivity index (χ0n) is 11.8. The van der Waals surface area contributed by atoms with Crippen molar-refractivity contribution in [2.45, 2.75) is 62.6 Å². The van der Waals surface area contributed by atoms with E-state index < -0.39 is 5.60 Å². The normalized spacial score (nSPS) is 32.0. The summed E-state index contributed by atoms with van der Waals surface area (Å²) in [5, 5.41) is 11.0. The molecule has 0 aliphatic heterocycles. The Labute approximate surface area is 115 Å². The molecule has 2 saturated carbocycles. The van der Waals surface area contributed by atoms with Crippen LogP contribution in [-0.2, 0) is 10.3 Å². The predicted octanol–water partition coefficient (Wildman–Crippen LogP) is 3.73. The highest BCUT2D eigenvalue weighted by atomic mass is 16.5. The van der Waals surface area contributed by atoms with Crippen LogP contribution in [0.15, 0.2) is 24.3 Å². The second-order valence-corrected chi connectivity index (χ2v) is 6.24. The molecule has 0 amide bonds. The first-order valence-electron chi connectivity index (χ1n) is 7.57. The van der Waals surface area contributed by atoms with Crippen LogP contribution < -0.4 is 0 Å². The Morgan fingerprint density at radius 1 is 1.21 bits per heavy atom. The number of hydrogen-bond donors (Lipinski definition) is 1. The van der Waals surface area contributed by atoms with Crippen molar-refractivity contribution in [1.82, 2.24) is 0 Å². The van der Waals surface area contributed by atoms with Crippen molar-refractivity contribution >= 4 is 0 Å². The van der Waals surface area contributed by atoms with E-state index in [1.165, 1.54) is 24.8 Å². The number of rotatable bonds is 3. The summed E-state index contributed by atoms with van der Waals surface area (Å²) in [5.74, 6) is 0.727. The van der Waals surface area contributed by atoms with Gasteiger partial charge in [0, 0.05) is 13.5 Å². The lowest BCUT2D eigenvalue weighted by Crippen LogP contribution is -2.36. The van der Waals surface area contributed by atoms with Gasteiger partial charge in [-0.15, -0.1) is 0 Å². The highest BCUT2D eigenvalue weighted by Gasteiger charge is 2.36. The minimum absolute atomic E-state index is 0.200. The molecule has 1 aromatic carbocycles. The summed E-state index contributed by atoms with van der Waals surface area (Å²) in [6.07, 6.45) is 7.88. The molecule has 2 atom stereocenters. The molecule has 19 heavy (non-hydrogen) atoms. The van der Waals surface area contributed by atoms with Crippen LogP contribution in [-0.4, -0.2) is 18.3 Å². The van der Waals surface area contributed by atoms with Crippen molar-refractivity contribution in [3.05, 3.63) is 35.4 Å². The average Bonchev–Trinajstić information content (AvgIpc) is 2.37. The monoisotopic (exact) mass is 260 g/mol. The van der Waals surface area contributed by atoms with Crippen LogP contribution in [0.25, 0.3) is 0 Å². The van der Waals surface area contributed by atoms with Crippen molar-refractivity contribution in [3.63, 3.8) is 0 Å². The Hall–Kier alpha value is -0.860. The van der Waals surface area contributed by atoms with E-state index in [0.29, 0.717) is 0 Å². The van der Waals surface area contributed by atoms with Gasteiger partial charge in [-0.3, -0.25) is 0 Å². The number of methoxy groups -OCH3 is 1. The summed E-state index contributed by atoms with van der Waals surface area (Å²) in [4.78, 5) is 0. The third-order valence-corrected chi connectivity index (χ3v) is 5.02. The summed E-state index contributed by atoms with van der Waals surface area (Å²) in [6.45, 7) is 0. The molecule has 0 aromatic heterocycles. The molecule has 0 saturated heterocycles. The summed E-state index contributed by atoms with van der Waals surface area (Å²) < 4.78 is 5.46. The SMILES string of the molecule is COC1CCCC(O)(c2cccc(C3CCC3)c2)C1. The van der Waals surface area contributed by atoms with Gasteiger partial charge in [-0.25, -0.2) is 0 Å². The Morgan fingerprint density at radius 2 is 2.05 bits per heavy atom. The minimum atomic E-state index is -0.682. The third kappa shape index (κ3) is 2.56. The molecule has 3 rings (SSSR count). The van der Waals surface area contributed by atoms with E-state index in [-0.39, 0.29) is 6.10 Å². The molecule has 2 heteroatoms. The van der Waals surface area contributed by atoms with Gasteiger partial charge in [-0.05, 0) is 49.1 Å². The molecule has 0 radical (unpaired) electrons. The molecule has 1 N–H and O–H groups in total. The Morgan fingerprint density at radius 3 is 2.74 bits per heavy atom. The van der Waals surface area contributed by atoms with Crippen LogP contribution in [0.4, 0.5) is 0 Å². The van der Waals surface area contributed by atoms with E-state index >= 15 is 0 Å². The fourth-order valence-corrected chi connectivity index (χ4v) is 3.49. The summed E-state index contributed by atoms with van der Waals surface area (Å²) in [5.41, 5.74) is 1.83. The van der Waals surface area contributed by atoms with Gasteiger partial charge in [0.1, 0.15) is 0 Å². The number of hydrogen-bond acceptors (Lipinski definition) is 2. The van der Waals surface area contributed by atoms with Crippen LogP contribution >= 0.6 is 0 Å². The molecule has 104 valence electrons. The Kier molecular flexibility index (Phi) is 3.64. The Bertz CT molecular complexity index is 439. The van der Waals surface area contributed by atoms with E-state index in [1.54, 1.807) is 7.11 Å². The first kappa shape index (κ1) is 13.1. The number of benzene rings is 1. The first-order valence-corrected chi connectivity index (χ1v) is 7.57. The van der Waals surface area contributed by atoms with Gasteiger partial charge in [-0.2, -0.15) is 0 Å². The van der Waals surface area contributed by atoms with Crippen LogP contribution in [0.2, 0.25) is 0 Å². The largest absolute Gasteiger partial charge is 0.385 e. The smallest absolute Gasteiger partial charge is 0.0921 e. The minimum Gasteiger partial charge on any atom is -0.385 e. The van der Waals surface area contributed by atoms with E-state index in [9.17, 15) is 5.11 Å².